The number of hydrogen-bond acceptors (Lipinski definition) is 5. The minimum atomic E-state index is -0.195. The number of hydroxylamine groups is 2. The Labute approximate surface area is 119 Å². The fourth-order valence-electron chi connectivity index (χ4n) is 2.65. The maximum Gasteiger partial charge on any atom is 0.330 e. The molecule has 0 radical (unpaired) electrons. The first-order valence-corrected chi connectivity index (χ1v) is 6.87. The Morgan fingerprint density at radius 2 is 2.15 bits per heavy atom. The van der Waals surface area contributed by atoms with Gasteiger partial charge in [0.25, 0.3) is 0 Å². The predicted molar refractivity (Wildman–Crippen MR) is 76.8 cm³/mol. The third-order valence-electron chi connectivity index (χ3n) is 3.82. The van der Waals surface area contributed by atoms with Crippen molar-refractivity contribution in [3.8, 4) is 0 Å². The molecule has 1 heterocycles. The van der Waals surface area contributed by atoms with Gasteiger partial charge in [0.15, 0.2) is 0 Å². The summed E-state index contributed by atoms with van der Waals surface area (Å²) in [5, 5.41) is 1.73. The van der Waals surface area contributed by atoms with Crippen LogP contribution >= 0.6 is 0 Å². The second kappa shape index (κ2) is 6.24. The topological polar surface area (TPSA) is 64.8 Å². The molecule has 0 saturated carbocycles. The van der Waals surface area contributed by atoms with Gasteiger partial charge in [-0.2, -0.15) is 0 Å². The third-order valence-corrected chi connectivity index (χ3v) is 3.82. The van der Waals surface area contributed by atoms with Gasteiger partial charge in [-0.3, -0.25) is 0 Å². The van der Waals surface area contributed by atoms with Gasteiger partial charge in [-0.1, -0.05) is 18.2 Å². The van der Waals surface area contributed by atoms with Crippen LogP contribution in [0.25, 0.3) is 0 Å². The highest BCUT2D eigenvalue weighted by molar-refractivity contribution is 5.75. The zero-order valence-electron chi connectivity index (χ0n) is 12.2. The van der Waals surface area contributed by atoms with E-state index in [0.29, 0.717) is 13.0 Å². The van der Waals surface area contributed by atoms with Crippen LogP contribution in [0.15, 0.2) is 24.3 Å². The number of methoxy groups -OCH3 is 1. The molecule has 1 aliphatic rings. The maximum atomic E-state index is 12.1. The molecule has 5 nitrogen and oxygen atoms in total. The molecular weight excluding hydrogens is 256 g/mol. The molecule has 1 aliphatic heterocycles. The summed E-state index contributed by atoms with van der Waals surface area (Å²) in [4.78, 5) is 17.5. The molecule has 2 N–H and O–H groups in total. The Kier molecular flexibility index (Phi) is 4.62. The number of hydrogen-bond donors (Lipinski definition) is 1. The molecule has 0 amide bonds. The normalized spacial score (nSPS) is 24.6. The van der Waals surface area contributed by atoms with Crippen LogP contribution in [-0.2, 0) is 20.8 Å². The van der Waals surface area contributed by atoms with Gasteiger partial charge in [0.05, 0.1) is 24.6 Å². The minimum absolute atomic E-state index is 0.00672. The lowest BCUT2D eigenvalue weighted by Crippen LogP contribution is -2.39. The molecule has 0 aliphatic carbocycles. The van der Waals surface area contributed by atoms with Crippen molar-refractivity contribution in [3.05, 3.63) is 29.8 Å². The fraction of sp³-hybridized carbons (Fsp3) is 0.533. The highest BCUT2D eigenvalue weighted by Crippen LogP contribution is 2.29. The van der Waals surface area contributed by atoms with Crippen LogP contribution in [0.5, 0.6) is 0 Å². The average Bonchev–Trinajstić information content (AvgIpc) is 2.69. The summed E-state index contributed by atoms with van der Waals surface area (Å²) in [6.45, 7) is 4.51. The van der Waals surface area contributed by atoms with E-state index in [1.54, 1.807) is 12.2 Å². The van der Waals surface area contributed by atoms with Gasteiger partial charge in [0.1, 0.15) is 0 Å². The molecule has 0 bridgehead atoms. The molecular formula is C15H22N2O3. The van der Waals surface area contributed by atoms with Gasteiger partial charge in [-0.05, 0) is 31.9 Å². The summed E-state index contributed by atoms with van der Waals surface area (Å²) in [5.41, 5.74) is 7.65. The van der Waals surface area contributed by atoms with Crippen molar-refractivity contribution in [3.63, 3.8) is 0 Å². The highest BCUT2D eigenvalue weighted by Gasteiger charge is 2.42. The summed E-state index contributed by atoms with van der Waals surface area (Å²) >= 11 is 0. The second-order valence-corrected chi connectivity index (χ2v) is 5.32. The molecule has 5 heteroatoms. The maximum absolute atomic E-state index is 12.1. The molecule has 2 rings (SSSR count). The van der Waals surface area contributed by atoms with E-state index in [-0.39, 0.29) is 24.0 Å². The third kappa shape index (κ3) is 2.94. The number of carbonyl (C=O) groups excluding carboxylic acids is 1. The van der Waals surface area contributed by atoms with Gasteiger partial charge in [0, 0.05) is 12.8 Å². The van der Waals surface area contributed by atoms with Gasteiger partial charge in [-0.25, -0.2) is 4.79 Å². The number of rotatable bonds is 5. The van der Waals surface area contributed by atoms with Crippen molar-refractivity contribution in [1.29, 1.82) is 0 Å². The number of nitrogens with two attached hydrogens (primary N) is 1. The first-order chi connectivity index (χ1) is 9.54. The molecule has 0 spiro atoms. The van der Waals surface area contributed by atoms with E-state index in [4.69, 9.17) is 15.3 Å². The van der Waals surface area contributed by atoms with E-state index in [0.717, 1.165) is 11.3 Å². The summed E-state index contributed by atoms with van der Waals surface area (Å²) in [7, 11) is 1.64. The smallest absolute Gasteiger partial charge is 0.330 e. The molecule has 1 aromatic carbocycles. The molecule has 3 atom stereocenters. The Morgan fingerprint density at radius 3 is 2.80 bits per heavy atom. The van der Waals surface area contributed by atoms with Crippen molar-refractivity contribution in [2.45, 2.75) is 32.4 Å². The van der Waals surface area contributed by atoms with E-state index in [9.17, 15) is 4.79 Å². The molecule has 3 unspecified atom stereocenters. The summed E-state index contributed by atoms with van der Waals surface area (Å²) in [6.07, 6.45) is 0.600. The molecule has 110 valence electrons. The fourth-order valence-corrected chi connectivity index (χ4v) is 2.65. The van der Waals surface area contributed by atoms with Crippen molar-refractivity contribution in [1.82, 2.24) is 5.06 Å². The van der Waals surface area contributed by atoms with E-state index in [2.05, 4.69) is 0 Å². The first-order valence-electron chi connectivity index (χ1n) is 6.87. The SMILES string of the molecule is COCC(C)N1OC(=O)C(Cc2ccccc2N)C1C. The van der Waals surface area contributed by atoms with Crippen LogP contribution in [-0.4, -0.2) is 36.8 Å². The van der Waals surface area contributed by atoms with Crippen molar-refractivity contribution in [2.75, 3.05) is 19.5 Å². The van der Waals surface area contributed by atoms with Crippen LogP contribution < -0.4 is 5.73 Å². The molecule has 1 saturated heterocycles. The first kappa shape index (κ1) is 14.8. The van der Waals surface area contributed by atoms with Gasteiger partial charge < -0.3 is 15.3 Å². The largest absolute Gasteiger partial charge is 0.399 e. The highest BCUT2D eigenvalue weighted by atomic mass is 16.7. The lowest BCUT2D eigenvalue weighted by molar-refractivity contribution is -0.188. The lowest BCUT2D eigenvalue weighted by Gasteiger charge is -2.25. The van der Waals surface area contributed by atoms with Crippen LogP contribution in [0.4, 0.5) is 5.69 Å². The zero-order chi connectivity index (χ0) is 14.7. The van der Waals surface area contributed by atoms with E-state index >= 15 is 0 Å². The van der Waals surface area contributed by atoms with Crippen molar-refractivity contribution < 1.29 is 14.4 Å². The van der Waals surface area contributed by atoms with Gasteiger partial charge in [0.2, 0.25) is 0 Å². The van der Waals surface area contributed by atoms with Crippen LogP contribution in [0.3, 0.4) is 0 Å². The van der Waals surface area contributed by atoms with E-state index in [1.165, 1.54) is 0 Å². The zero-order valence-corrected chi connectivity index (χ0v) is 12.2. The predicted octanol–water partition coefficient (Wildman–Crippen LogP) is 1.62. The van der Waals surface area contributed by atoms with Crippen molar-refractivity contribution >= 4 is 11.7 Å². The quantitative estimate of drug-likeness (QED) is 0.829. The molecule has 1 fully saturated rings. The minimum Gasteiger partial charge on any atom is -0.399 e. The number of anilines is 1. The molecule has 1 aromatic rings. The van der Waals surface area contributed by atoms with E-state index in [1.807, 2.05) is 38.1 Å². The number of benzene rings is 1. The lowest BCUT2D eigenvalue weighted by atomic mass is 9.93. The Hall–Kier alpha value is -1.59. The van der Waals surface area contributed by atoms with Gasteiger partial charge in [-0.15, -0.1) is 5.06 Å². The average molecular weight is 278 g/mol. The molecule has 20 heavy (non-hydrogen) atoms. The Morgan fingerprint density at radius 1 is 1.45 bits per heavy atom. The summed E-state index contributed by atoms with van der Waals surface area (Å²) < 4.78 is 5.12. The summed E-state index contributed by atoms with van der Waals surface area (Å²) in [6, 6.07) is 7.68. The Balaban J connectivity index is 2.09. The number of nitrogen functional groups attached to an aromatic ring is 1. The number of para-hydroxylation sites is 1. The number of nitrogens with zero attached hydrogens (tertiary/aromatic N) is 1. The standard InChI is InChI=1S/C15H22N2O3/c1-10(9-19-3)17-11(2)13(15(18)20-17)8-12-6-4-5-7-14(12)16/h4-7,10-11,13H,8-9,16H2,1-3H3. The van der Waals surface area contributed by atoms with Crippen LogP contribution in [0, 0.1) is 5.92 Å². The monoisotopic (exact) mass is 278 g/mol. The van der Waals surface area contributed by atoms with Gasteiger partial charge >= 0.3 is 5.97 Å². The van der Waals surface area contributed by atoms with E-state index < -0.39 is 0 Å². The second-order valence-electron chi connectivity index (χ2n) is 5.32. The van der Waals surface area contributed by atoms with Crippen LogP contribution in [0.2, 0.25) is 0 Å². The number of carbonyl (C=O) groups is 1. The van der Waals surface area contributed by atoms with Crippen LogP contribution in [0.1, 0.15) is 19.4 Å². The Bertz CT molecular complexity index is 478. The molecule has 0 aromatic heterocycles. The number of ether oxygens (including phenoxy) is 1. The van der Waals surface area contributed by atoms with Crippen molar-refractivity contribution in [2.24, 2.45) is 5.92 Å². The summed E-state index contributed by atoms with van der Waals surface area (Å²) in [5.74, 6) is -0.386.